The molecule has 0 spiro atoms. The number of fused-ring (bicyclic) bond motifs is 1. The standard InChI is InChI=1S/C8H7ClN2O/c1-5-4-10-8-7(5)6(9)2-3-11(8)12/h2-4,10H,1H3. The van der Waals surface area contributed by atoms with Gasteiger partial charge in [-0.1, -0.05) is 11.6 Å². The quantitative estimate of drug-likeness (QED) is 0.490. The highest BCUT2D eigenvalue weighted by atomic mass is 35.5. The number of rotatable bonds is 0. The number of hydrogen-bond acceptors (Lipinski definition) is 1. The van der Waals surface area contributed by atoms with Crippen molar-refractivity contribution in [1.29, 1.82) is 0 Å². The molecule has 0 radical (unpaired) electrons. The smallest absolute Gasteiger partial charge is 0.291 e. The molecule has 0 atom stereocenters. The molecule has 2 heterocycles. The van der Waals surface area contributed by atoms with Crippen LogP contribution in [0.5, 0.6) is 0 Å². The average Bonchev–Trinajstić information content (AvgIpc) is 2.42. The minimum Gasteiger partial charge on any atom is -0.711 e. The first-order valence-corrected chi connectivity index (χ1v) is 3.93. The molecular weight excluding hydrogens is 176 g/mol. The lowest BCUT2D eigenvalue weighted by atomic mass is 10.2. The van der Waals surface area contributed by atoms with Crippen molar-refractivity contribution in [3.05, 3.63) is 34.3 Å². The Labute approximate surface area is 74.2 Å². The van der Waals surface area contributed by atoms with Crippen molar-refractivity contribution >= 4 is 22.6 Å². The molecule has 0 aliphatic heterocycles. The van der Waals surface area contributed by atoms with Crippen molar-refractivity contribution in [2.45, 2.75) is 6.92 Å². The zero-order chi connectivity index (χ0) is 8.72. The molecule has 62 valence electrons. The van der Waals surface area contributed by atoms with Gasteiger partial charge in [-0.2, -0.15) is 0 Å². The molecule has 0 fully saturated rings. The van der Waals surface area contributed by atoms with Gasteiger partial charge in [0.1, 0.15) is 0 Å². The Morgan fingerprint density at radius 1 is 1.58 bits per heavy atom. The van der Waals surface area contributed by atoms with Crippen molar-refractivity contribution < 1.29 is 4.73 Å². The van der Waals surface area contributed by atoms with E-state index in [1.54, 1.807) is 12.3 Å². The van der Waals surface area contributed by atoms with Crippen molar-refractivity contribution in [2.75, 3.05) is 0 Å². The average molecular weight is 183 g/mol. The first-order chi connectivity index (χ1) is 5.70. The molecule has 0 aliphatic rings. The maximum atomic E-state index is 11.2. The van der Waals surface area contributed by atoms with Crippen molar-refractivity contribution in [3.63, 3.8) is 0 Å². The van der Waals surface area contributed by atoms with Gasteiger partial charge in [0.25, 0.3) is 5.65 Å². The highest BCUT2D eigenvalue weighted by Crippen LogP contribution is 2.22. The van der Waals surface area contributed by atoms with Crippen molar-refractivity contribution in [1.82, 2.24) is 4.98 Å². The topological polar surface area (TPSA) is 42.7 Å². The van der Waals surface area contributed by atoms with Gasteiger partial charge in [0.15, 0.2) is 0 Å². The van der Waals surface area contributed by atoms with Crippen LogP contribution >= 0.6 is 11.6 Å². The molecule has 0 bridgehead atoms. The van der Waals surface area contributed by atoms with Gasteiger partial charge >= 0.3 is 0 Å². The van der Waals surface area contributed by atoms with E-state index in [9.17, 15) is 5.21 Å². The van der Waals surface area contributed by atoms with Crippen molar-refractivity contribution in [2.24, 2.45) is 0 Å². The zero-order valence-corrected chi connectivity index (χ0v) is 7.22. The molecule has 3 nitrogen and oxygen atoms in total. The highest BCUT2D eigenvalue weighted by Gasteiger charge is 2.10. The van der Waals surface area contributed by atoms with E-state index >= 15 is 0 Å². The van der Waals surface area contributed by atoms with E-state index in [1.807, 2.05) is 6.92 Å². The summed E-state index contributed by atoms with van der Waals surface area (Å²) in [5, 5.41) is 12.6. The van der Waals surface area contributed by atoms with Crippen LogP contribution in [0.25, 0.3) is 11.0 Å². The second-order valence-corrected chi connectivity index (χ2v) is 3.09. The van der Waals surface area contributed by atoms with E-state index < -0.39 is 0 Å². The normalized spacial score (nSPS) is 10.8. The van der Waals surface area contributed by atoms with Gasteiger partial charge < -0.3 is 5.21 Å². The fourth-order valence-electron chi connectivity index (χ4n) is 1.27. The monoisotopic (exact) mass is 182 g/mol. The summed E-state index contributed by atoms with van der Waals surface area (Å²) < 4.78 is 0.772. The second kappa shape index (κ2) is 2.38. The Balaban J connectivity index is 2.98. The van der Waals surface area contributed by atoms with Gasteiger partial charge in [-0.3, -0.25) is 0 Å². The number of H-pyrrole nitrogens is 1. The Kier molecular flexibility index (Phi) is 1.48. The van der Waals surface area contributed by atoms with E-state index in [-0.39, 0.29) is 0 Å². The van der Waals surface area contributed by atoms with Gasteiger partial charge in [-0.15, -0.1) is 0 Å². The molecule has 0 saturated carbocycles. The molecule has 12 heavy (non-hydrogen) atoms. The highest BCUT2D eigenvalue weighted by molar-refractivity contribution is 6.35. The summed E-state index contributed by atoms with van der Waals surface area (Å²) in [6, 6.07) is 1.59. The lowest BCUT2D eigenvalue weighted by Crippen LogP contribution is -2.26. The van der Waals surface area contributed by atoms with Gasteiger partial charge in [0.05, 0.1) is 22.8 Å². The van der Waals surface area contributed by atoms with Gasteiger partial charge in [0, 0.05) is 5.56 Å². The minimum atomic E-state index is 0.514. The largest absolute Gasteiger partial charge is 0.711 e. The number of pyridine rings is 1. The van der Waals surface area contributed by atoms with E-state index in [1.165, 1.54) is 6.20 Å². The summed E-state index contributed by atoms with van der Waals surface area (Å²) in [5.41, 5.74) is 1.50. The first kappa shape index (κ1) is 7.43. The maximum absolute atomic E-state index is 11.2. The fraction of sp³-hybridized carbons (Fsp3) is 0.125. The van der Waals surface area contributed by atoms with Crippen LogP contribution in [-0.4, -0.2) is 4.98 Å². The third kappa shape index (κ3) is 0.865. The summed E-state index contributed by atoms with van der Waals surface area (Å²) in [4.78, 5) is 2.86. The van der Waals surface area contributed by atoms with E-state index in [0.29, 0.717) is 10.7 Å². The van der Waals surface area contributed by atoms with Crippen LogP contribution in [0.4, 0.5) is 0 Å². The number of halogens is 1. The second-order valence-electron chi connectivity index (χ2n) is 2.68. The molecule has 4 heteroatoms. The lowest BCUT2D eigenvalue weighted by molar-refractivity contribution is -0.579. The minimum absolute atomic E-state index is 0.514. The molecular formula is C8H7ClN2O. The number of aryl methyl sites for hydroxylation is 1. The van der Waals surface area contributed by atoms with E-state index in [0.717, 1.165) is 15.7 Å². The van der Waals surface area contributed by atoms with E-state index in [2.05, 4.69) is 4.98 Å². The van der Waals surface area contributed by atoms with Crippen LogP contribution in [0.1, 0.15) is 5.56 Å². The van der Waals surface area contributed by atoms with Crippen LogP contribution in [0.2, 0.25) is 5.02 Å². The SMILES string of the molecule is Cc1c[nH]c2c1c(Cl)cc[n+]2[O-]. The van der Waals surface area contributed by atoms with Gasteiger partial charge in [0.2, 0.25) is 0 Å². The van der Waals surface area contributed by atoms with Gasteiger partial charge in [-0.25, -0.2) is 9.71 Å². The summed E-state index contributed by atoms with van der Waals surface area (Å²) in [5.74, 6) is 0. The summed E-state index contributed by atoms with van der Waals surface area (Å²) in [7, 11) is 0. The fourth-order valence-corrected chi connectivity index (χ4v) is 1.57. The van der Waals surface area contributed by atoms with E-state index in [4.69, 9.17) is 11.6 Å². The van der Waals surface area contributed by atoms with Crippen LogP contribution in [-0.2, 0) is 0 Å². The Bertz CT molecular complexity index is 436. The molecule has 0 saturated heterocycles. The lowest BCUT2D eigenvalue weighted by Gasteiger charge is -2.01. The Morgan fingerprint density at radius 2 is 2.33 bits per heavy atom. The molecule has 0 aliphatic carbocycles. The third-order valence-corrected chi connectivity index (χ3v) is 2.19. The third-order valence-electron chi connectivity index (χ3n) is 1.87. The zero-order valence-electron chi connectivity index (χ0n) is 6.47. The summed E-state index contributed by atoms with van der Waals surface area (Å²) in [6.07, 6.45) is 3.16. The van der Waals surface area contributed by atoms with Crippen LogP contribution in [0.15, 0.2) is 18.5 Å². The van der Waals surface area contributed by atoms with Crippen molar-refractivity contribution in [3.8, 4) is 0 Å². The maximum Gasteiger partial charge on any atom is 0.291 e. The molecule has 2 aromatic rings. The predicted molar refractivity (Wildman–Crippen MR) is 47.0 cm³/mol. The van der Waals surface area contributed by atoms with Crippen LogP contribution < -0.4 is 4.73 Å². The summed E-state index contributed by atoms with van der Waals surface area (Å²) >= 11 is 5.90. The molecule has 0 unspecified atom stereocenters. The molecule has 1 N–H and O–H groups in total. The number of nitrogens with zero attached hydrogens (tertiary/aromatic N) is 1. The first-order valence-electron chi connectivity index (χ1n) is 3.55. The Morgan fingerprint density at radius 3 is 3.00 bits per heavy atom. The molecule has 0 aromatic carbocycles. The molecule has 0 amide bonds. The summed E-state index contributed by atoms with van der Waals surface area (Å²) in [6.45, 7) is 1.91. The Hall–Kier alpha value is -1.22. The number of nitrogens with one attached hydrogen (secondary N) is 1. The molecule has 2 aromatic heterocycles. The number of aromatic amines is 1. The predicted octanol–water partition coefficient (Wildman–Crippen LogP) is 1.76. The number of hydrogen-bond donors (Lipinski definition) is 1. The van der Waals surface area contributed by atoms with Gasteiger partial charge in [-0.05, 0) is 13.0 Å². The molecule has 2 rings (SSSR count). The van der Waals surface area contributed by atoms with Crippen LogP contribution in [0, 0.1) is 12.1 Å². The number of aromatic nitrogens is 2. The van der Waals surface area contributed by atoms with Crippen LogP contribution in [0.3, 0.4) is 0 Å².